The molecule has 1 aromatic heterocycles. The van der Waals surface area contributed by atoms with Crippen molar-refractivity contribution in [2.45, 2.75) is 20.0 Å². The highest BCUT2D eigenvalue weighted by Gasteiger charge is 2.10. The molecular weight excluding hydrogens is 262 g/mol. The number of hydrogen-bond donors (Lipinski definition) is 1. The number of benzene rings is 1. The lowest BCUT2D eigenvalue weighted by Crippen LogP contribution is -2.36. The second kappa shape index (κ2) is 6.68. The maximum absolute atomic E-state index is 5.39. The zero-order valence-corrected chi connectivity index (χ0v) is 12.6. The Balaban J connectivity index is 1.59. The van der Waals surface area contributed by atoms with Gasteiger partial charge in [0.05, 0.1) is 19.8 Å². The van der Waals surface area contributed by atoms with Crippen LogP contribution in [0.2, 0.25) is 0 Å². The largest absolute Gasteiger partial charge is 0.379 e. The minimum absolute atomic E-state index is 0.827. The standard InChI is InChI=1S/C17H23N3O/c1-2-19-9-3-4-17(19)14-18-15-5-7-16(8-6-15)20-10-12-21-13-11-20/h3-9,18H,2,10-14H2,1H3. The molecule has 0 amide bonds. The van der Waals surface area contributed by atoms with Crippen molar-refractivity contribution in [2.24, 2.45) is 0 Å². The first kappa shape index (κ1) is 14.0. The number of nitrogens with one attached hydrogen (secondary N) is 1. The van der Waals surface area contributed by atoms with E-state index >= 15 is 0 Å². The molecular formula is C17H23N3O. The molecule has 0 unspecified atom stereocenters. The molecule has 112 valence electrons. The van der Waals surface area contributed by atoms with Crippen molar-refractivity contribution < 1.29 is 4.74 Å². The van der Waals surface area contributed by atoms with Crippen LogP contribution in [0.5, 0.6) is 0 Å². The summed E-state index contributed by atoms with van der Waals surface area (Å²) >= 11 is 0. The fraction of sp³-hybridized carbons (Fsp3) is 0.412. The number of anilines is 2. The number of morpholine rings is 1. The number of aromatic nitrogens is 1. The molecule has 1 aliphatic rings. The SMILES string of the molecule is CCn1cccc1CNc1ccc(N2CCOCC2)cc1. The summed E-state index contributed by atoms with van der Waals surface area (Å²) in [6, 6.07) is 13.0. The molecule has 1 saturated heterocycles. The summed E-state index contributed by atoms with van der Waals surface area (Å²) in [7, 11) is 0. The van der Waals surface area contributed by atoms with Crippen LogP contribution >= 0.6 is 0 Å². The van der Waals surface area contributed by atoms with Gasteiger partial charge in [0.1, 0.15) is 0 Å². The summed E-state index contributed by atoms with van der Waals surface area (Å²) in [5, 5.41) is 3.49. The Morgan fingerprint density at radius 2 is 1.86 bits per heavy atom. The maximum Gasteiger partial charge on any atom is 0.0642 e. The van der Waals surface area contributed by atoms with Gasteiger partial charge in [-0.1, -0.05) is 0 Å². The highest BCUT2D eigenvalue weighted by atomic mass is 16.5. The Morgan fingerprint density at radius 3 is 2.57 bits per heavy atom. The lowest BCUT2D eigenvalue weighted by molar-refractivity contribution is 0.122. The number of aryl methyl sites for hydroxylation is 1. The topological polar surface area (TPSA) is 29.4 Å². The fourth-order valence-electron chi connectivity index (χ4n) is 2.72. The van der Waals surface area contributed by atoms with Crippen LogP contribution in [0.25, 0.3) is 0 Å². The van der Waals surface area contributed by atoms with Crippen molar-refractivity contribution >= 4 is 11.4 Å². The molecule has 1 aromatic carbocycles. The first-order valence-electron chi connectivity index (χ1n) is 7.67. The van der Waals surface area contributed by atoms with Crippen molar-refractivity contribution in [3.63, 3.8) is 0 Å². The van der Waals surface area contributed by atoms with Crippen LogP contribution in [-0.4, -0.2) is 30.9 Å². The lowest BCUT2D eigenvalue weighted by Gasteiger charge is -2.29. The quantitative estimate of drug-likeness (QED) is 0.916. The number of hydrogen-bond acceptors (Lipinski definition) is 3. The average Bonchev–Trinajstić information content (AvgIpc) is 3.02. The van der Waals surface area contributed by atoms with Crippen LogP contribution in [0.1, 0.15) is 12.6 Å². The predicted octanol–water partition coefficient (Wildman–Crippen LogP) is 2.96. The molecule has 2 aromatic rings. The van der Waals surface area contributed by atoms with Gasteiger partial charge in [-0.15, -0.1) is 0 Å². The van der Waals surface area contributed by atoms with Gasteiger partial charge in [0, 0.05) is 42.9 Å². The number of ether oxygens (including phenoxy) is 1. The van der Waals surface area contributed by atoms with Crippen molar-refractivity contribution in [1.29, 1.82) is 0 Å². The zero-order chi connectivity index (χ0) is 14.5. The Morgan fingerprint density at radius 1 is 1.10 bits per heavy atom. The molecule has 4 nitrogen and oxygen atoms in total. The van der Waals surface area contributed by atoms with Crippen molar-refractivity contribution in [2.75, 3.05) is 36.5 Å². The van der Waals surface area contributed by atoms with Gasteiger partial charge in [-0.05, 0) is 43.3 Å². The normalized spacial score (nSPS) is 15.2. The second-order valence-corrected chi connectivity index (χ2v) is 5.29. The number of rotatable bonds is 5. The first-order valence-corrected chi connectivity index (χ1v) is 7.67. The van der Waals surface area contributed by atoms with E-state index in [0.717, 1.165) is 45.1 Å². The van der Waals surface area contributed by atoms with Crippen molar-refractivity contribution in [3.05, 3.63) is 48.3 Å². The van der Waals surface area contributed by atoms with Gasteiger partial charge in [-0.2, -0.15) is 0 Å². The molecule has 0 bridgehead atoms. The van der Waals surface area contributed by atoms with Crippen LogP contribution in [0.3, 0.4) is 0 Å². The summed E-state index contributed by atoms with van der Waals surface area (Å²) in [5.41, 5.74) is 3.76. The second-order valence-electron chi connectivity index (χ2n) is 5.29. The minimum atomic E-state index is 0.827. The van der Waals surface area contributed by atoms with E-state index in [0.29, 0.717) is 0 Å². The third kappa shape index (κ3) is 3.39. The van der Waals surface area contributed by atoms with Crippen LogP contribution in [0.15, 0.2) is 42.6 Å². The van der Waals surface area contributed by atoms with E-state index in [-0.39, 0.29) is 0 Å². The lowest BCUT2D eigenvalue weighted by atomic mass is 10.2. The molecule has 1 fully saturated rings. The highest BCUT2D eigenvalue weighted by Crippen LogP contribution is 2.19. The summed E-state index contributed by atoms with van der Waals surface area (Å²) in [4.78, 5) is 2.37. The minimum Gasteiger partial charge on any atom is -0.379 e. The van der Waals surface area contributed by atoms with E-state index in [1.807, 2.05) is 0 Å². The third-order valence-electron chi connectivity index (χ3n) is 3.98. The molecule has 0 radical (unpaired) electrons. The van der Waals surface area contributed by atoms with Gasteiger partial charge in [0.2, 0.25) is 0 Å². The molecule has 1 aliphatic heterocycles. The average molecular weight is 285 g/mol. The Labute approximate surface area is 126 Å². The van der Waals surface area contributed by atoms with Gasteiger partial charge >= 0.3 is 0 Å². The first-order chi connectivity index (χ1) is 10.4. The molecule has 0 aliphatic carbocycles. The van der Waals surface area contributed by atoms with Crippen LogP contribution < -0.4 is 10.2 Å². The molecule has 4 heteroatoms. The van der Waals surface area contributed by atoms with E-state index in [1.54, 1.807) is 0 Å². The van der Waals surface area contributed by atoms with E-state index in [1.165, 1.54) is 11.4 Å². The van der Waals surface area contributed by atoms with Crippen LogP contribution in [0, 0.1) is 0 Å². The summed E-state index contributed by atoms with van der Waals surface area (Å²) in [5.74, 6) is 0. The monoisotopic (exact) mass is 285 g/mol. The maximum atomic E-state index is 5.39. The van der Waals surface area contributed by atoms with Crippen molar-refractivity contribution in [1.82, 2.24) is 4.57 Å². The fourth-order valence-corrected chi connectivity index (χ4v) is 2.72. The molecule has 2 heterocycles. The van der Waals surface area contributed by atoms with E-state index < -0.39 is 0 Å². The zero-order valence-electron chi connectivity index (χ0n) is 12.6. The van der Waals surface area contributed by atoms with E-state index in [4.69, 9.17) is 4.74 Å². The molecule has 3 rings (SSSR count). The summed E-state index contributed by atoms with van der Waals surface area (Å²) in [6.07, 6.45) is 2.12. The van der Waals surface area contributed by atoms with Crippen LogP contribution in [-0.2, 0) is 17.8 Å². The summed E-state index contributed by atoms with van der Waals surface area (Å²) in [6.45, 7) is 7.66. The van der Waals surface area contributed by atoms with Crippen LogP contribution in [0.4, 0.5) is 11.4 Å². The van der Waals surface area contributed by atoms with Gasteiger partial charge in [0.15, 0.2) is 0 Å². The van der Waals surface area contributed by atoms with Gasteiger partial charge in [-0.25, -0.2) is 0 Å². The van der Waals surface area contributed by atoms with Crippen molar-refractivity contribution in [3.8, 4) is 0 Å². The Hall–Kier alpha value is -1.94. The van der Waals surface area contributed by atoms with Gasteiger partial charge in [0.25, 0.3) is 0 Å². The molecule has 0 atom stereocenters. The van der Waals surface area contributed by atoms with Gasteiger partial charge in [-0.3, -0.25) is 0 Å². The number of nitrogens with zero attached hydrogens (tertiary/aromatic N) is 2. The predicted molar refractivity (Wildman–Crippen MR) is 86.9 cm³/mol. The Bertz CT molecular complexity index is 556. The smallest absolute Gasteiger partial charge is 0.0642 e. The van der Waals surface area contributed by atoms with Gasteiger partial charge < -0.3 is 19.5 Å². The van der Waals surface area contributed by atoms with E-state index in [2.05, 4.69) is 64.3 Å². The molecule has 1 N–H and O–H groups in total. The Kier molecular flexibility index (Phi) is 4.46. The molecule has 21 heavy (non-hydrogen) atoms. The molecule has 0 spiro atoms. The highest BCUT2D eigenvalue weighted by molar-refractivity contribution is 5.55. The third-order valence-corrected chi connectivity index (χ3v) is 3.98. The van der Waals surface area contributed by atoms with E-state index in [9.17, 15) is 0 Å². The molecule has 0 saturated carbocycles. The summed E-state index contributed by atoms with van der Waals surface area (Å²) < 4.78 is 7.65.